The summed E-state index contributed by atoms with van der Waals surface area (Å²) in [5.41, 5.74) is 0. The van der Waals surface area contributed by atoms with Crippen molar-refractivity contribution in [3.63, 3.8) is 0 Å². The first kappa shape index (κ1) is 22.4. The Hall–Kier alpha value is 0.686. The normalized spacial score (nSPS) is 2.40. The predicted octanol–water partition coefficient (Wildman–Crippen LogP) is 1.98. The molecule has 3 nitrogen and oxygen atoms in total. The van der Waals surface area contributed by atoms with Crippen molar-refractivity contribution in [3.8, 4) is 0 Å². The fourth-order valence-corrected chi connectivity index (χ4v) is 0. The Morgan fingerprint density at radius 1 is 0.700 bits per heavy atom. The molecule has 0 radical (unpaired) electrons. The van der Waals surface area contributed by atoms with Crippen molar-refractivity contribution in [1.29, 1.82) is 0 Å². The number of hydrogen-bond donors (Lipinski definition) is 0. The molecular weight excluding hydrogens is 333 g/mol. The van der Waals surface area contributed by atoms with Crippen molar-refractivity contribution in [1.82, 2.24) is 0 Å². The van der Waals surface area contributed by atoms with Crippen molar-refractivity contribution >= 4 is 52.1 Å². The molecule has 54 valence electrons. The van der Waals surface area contributed by atoms with Crippen LogP contribution in [0.2, 0.25) is 0 Å². The van der Waals surface area contributed by atoms with E-state index in [4.69, 9.17) is 16.2 Å². The molecule has 0 bridgehead atoms. The molecule has 10 heavy (non-hydrogen) atoms. The minimum Gasteiger partial charge on any atom is -0.753 e. The second-order valence-electron chi connectivity index (χ2n) is 0.274. The third kappa shape index (κ3) is 1090. The first-order chi connectivity index (χ1) is 4.24. The van der Waals surface area contributed by atoms with Gasteiger partial charge < -0.3 is 16.2 Å². The summed E-state index contributed by atoms with van der Waals surface area (Å²) in [6, 6.07) is 0. The van der Waals surface area contributed by atoms with Crippen LogP contribution < -0.4 is 0 Å². The fraction of sp³-hybridized carbons (Fsp3) is 0. The topological polar surface area (TPSA) is 66.9 Å². The smallest absolute Gasteiger partial charge is 0.753 e. The molecule has 0 aliphatic rings. The Kier molecular flexibility index (Phi) is 121. The van der Waals surface area contributed by atoms with Gasteiger partial charge in [-0.2, -0.15) is 15.5 Å². The van der Waals surface area contributed by atoms with E-state index in [2.05, 4.69) is 36.7 Å². The van der Waals surface area contributed by atoms with Crippen LogP contribution in [0.25, 0.3) is 16.2 Å². The minimum absolute atomic E-state index is 0. The van der Waals surface area contributed by atoms with E-state index in [0.717, 1.165) is 0 Å². The third-order valence-corrected chi connectivity index (χ3v) is 0. The minimum atomic E-state index is 0. The van der Waals surface area contributed by atoms with Crippen molar-refractivity contribution in [2.75, 3.05) is 0 Å². The maximum Gasteiger partial charge on any atom is 3.00 e. The molecule has 0 spiro atoms. The Morgan fingerprint density at radius 2 is 0.700 bits per heavy atom. The Labute approximate surface area is 106 Å². The summed E-state index contributed by atoms with van der Waals surface area (Å²) >= 11 is 11.1. The van der Waals surface area contributed by atoms with Gasteiger partial charge in [-0.3, -0.25) is 0 Å². The molecule has 0 rings (SSSR count). The molecule has 0 saturated heterocycles. The summed E-state index contributed by atoms with van der Waals surface area (Å²) in [5, 5.41) is 25.4. The van der Waals surface area contributed by atoms with E-state index in [1.165, 1.54) is 15.5 Å². The molecule has 0 aromatic rings. The zero-order valence-electron chi connectivity index (χ0n) is 4.40. The second-order valence-corrected chi connectivity index (χ2v) is 0.822. The molecule has 0 unspecified atom stereocenters. The molecule has 0 atom stereocenters. The second kappa shape index (κ2) is 53.8. The van der Waals surface area contributed by atoms with Crippen LogP contribution in [0.4, 0.5) is 0 Å². The van der Waals surface area contributed by atoms with Crippen LogP contribution in [0.1, 0.15) is 0 Å². The van der Waals surface area contributed by atoms with Crippen molar-refractivity contribution in [2.45, 2.75) is 0 Å². The average molecular weight is 333 g/mol. The van der Waals surface area contributed by atoms with Crippen LogP contribution in [-0.4, -0.2) is 15.5 Å². The van der Waals surface area contributed by atoms with Crippen LogP contribution in [-0.2, 0) is 0 Å². The molecule has 0 amide bonds. The Morgan fingerprint density at radius 3 is 0.700 bits per heavy atom. The molecule has 0 N–H and O–H groups in total. The molecular formula is C3N3S3Tb. The number of rotatable bonds is 0. The van der Waals surface area contributed by atoms with Crippen LogP contribution in [0.5, 0.6) is 0 Å². The van der Waals surface area contributed by atoms with Gasteiger partial charge in [-0.25, -0.2) is 0 Å². The van der Waals surface area contributed by atoms with E-state index in [-0.39, 0.29) is 38.6 Å². The summed E-state index contributed by atoms with van der Waals surface area (Å²) in [6.07, 6.45) is 0. The molecule has 0 fully saturated rings. The van der Waals surface area contributed by atoms with Gasteiger partial charge in [-0.15, -0.1) is 0 Å². The van der Waals surface area contributed by atoms with Gasteiger partial charge in [-0.05, 0) is 0 Å². The van der Waals surface area contributed by atoms with Crippen molar-refractivity contribution in [3.05, 3.63) is 16.2 Å². The van der Waals surface area contributed by atoms with Crippen molar-refractivity contribution < 1.29 is 38.6 Å². The molecule has 7 heteroatoms. The summed E-state index contributed by atoms with van der Waals surface area (Å²) in [4.78, 5) is 0. The molecule has 0 aliphatic heterocycles. The first-order valence-corrected chi connectivity index (χ1v) is 2.51. The number of thiocarbonyl (C=S) groups is 3. The number of hydrogen-bond acceptors (Lipinski definition) is 3. The van der Waals surface area contributed by atoms with E-state index < -0.39 is 0 Å². The predicted molar refractivity (Wildman–Crippen MR) is 47.9 cm³/mol. The SMILES string of the molecule is [N-]=C=S.[N-]=C=S.[N-]=C=S.[Tb+3]. The van der Waals surface area contributed by atoms with Crippen LogP contribution in [0.3, 0.4) is 0 Å². The molecule has 0 heterocycles. The maximum atomic E-state index is 7.13. The quantitative estimate of drug-likeness (QED) is 0.503. The number of isothiocyanates is 3. The van der Waals surface area contributed by atoms with Gasteiger partial charge >= 0.3 is 38.6 Å². The monoisotopic (exact) mass is 333 g/mol. The van der Waals surface area contributed by atoms with E-state index in [1.54, 1.807) is 0 Å². The summed E-state index contributed by atoms with van der Waals surface area (Å²) in [5.74, 6) is 0. The van der Waals surface area contributed by atoms with Crippen LogP contribution in [0.15, 0.2) is 0 Å². The van der Waals surface area contributed by atoms with Gasteiger partial charge in [0.25, 0.3) is 0 Å². The summed E-state index contributed by atoms with van der Waals surface area (Å²) in [6.45, 7) is 0. The maximum absolute atomic E-state index is 7.13. The summed E-state index contributed by atoms with van der Waals surface area (Å²) < 4.78 is 0. The molecule has 0 aromatic carbocycles. The van der Waals surface area contributed by atoms with Crippen LogP contribution >= 0.6 is 36.7 Å². The van der Waals surface area contributed by atoms with Gasteiger partial charge in [0.1, 0.15) is 0 Å². The van der Waals surface area contributed by atoms with Crippen molar-refractivity contribution in [2.24, 2.45) is 0 Å². The van der Waals surface area contributed by atoms with E-state index >= 15 is 0 Å². The zero-order chi connectivity index (χ0) is 8.12. The largest absolute Gasteiger partial charge is 3.00 e. The van der Waals surface area contributed by atoms with Gasteiger partial charge in [0.05, 0.1) is 0 Å². The third-order valence-electron chi connectivity index (χ3n) is 0. The van der Waals surface area contributed by atoms with E-state index in [0.29, 0.717) is 0 Å². The van der Waals surface area contributed by atoms with Crippen LogP contribution in [0, 0.1) is 38.6 Å². The molecule has 0 aromatic heterocycles. The fourth-order valence-electron chi connectivity index (χ4n) is 0. The van der Waals surface area contributed by atoms with Gasteiger partial charge in [0.2, 0.25) is 0 Å². The molecule has 0 aliphatic carbocycles. The van der Waals surface area contributed by atoms with E-state index in [9.17, 15) is 0 Å². The number of nitrogens with zero attached hydrogens (tertiary/aromatic N) is 3. The van der Waals surface area contributed by atoms with E-state index in [1.807, 2.05) is 0 Å². The standard InChI is InChI=1S/3CNS.Tb/c3*2-1-3;/q3*-1;+3. The van der Waals surface area contributed by atoms with Gasteiger partial charge in [-0.1, -0.05) is 36.7 Å². The Bertz CT molecular complexity index is 111. The molecule has 0 saturated carbocycles. The average Bonchev–Trinajstić information content (AvgIpc) is 1.70. The zero-order valence-corrected chi connectivity index (χ0v) is 8.99. The first-order valence-electron chi connectivity index (χ1n) is 1.28. The summed E-state index contributed by atoms with van der Waals surface area (Å²) in [7, 11) is 0. The van der Waals surface area contributed by atoms with Gasteiger partial charge in [0.15, 0.2) is 0 Å². The van der Waals surface area contributed by atoms with Gasteiger partial charge in [0, 0.05) is 0 Å². The Balaban J connectivity index is -0.0000000257.